The van der Waals surface area contributed by atoms with Crippen LogP contribution in [0.15, 0.2) is 34.8 Å². The molecule has 0 bridgehead atoms. The van der Waals surface area contributed by atoms with Gasteiger partial charge in [-0.1, -0.05) is 31.5 Å². The smallest absolute Gasteiger partial charge is 0.302 e. The van der Waals surface area contributed by atoms with E-state index in [-0.39, 0.29) is 0 Å². The Kier molecular flexibility index (Phi) is 5.55. The third-order valence-electron chi connectivity index (χ3n) is 4.65. The number of hydrogen-bond acceptors (Lipinski definition) is 3. The van der Waals surface area contributed by atoms with E-state index >= 15 is 0 Å². The summed E-state index contributed by atoms with van der Waals surface area (Å²) in [6.07, 6.45) is 2.06. The van der Waals surface area contributed by atoms with Crippen LogP contribution in [-0.2, 0) is 7.05 Å². The Bertz CT molecular complexity index is 1000. The van der Waals surface area contributed by atoms with Gasteiger partial charge < -0.3 is 4.74 Å². The molecule has 0 unspecified atom stereocenters. The average molecular weight is 433 g/mol. The molecule has 0 fully saturated rings. The van der Waals surface area contributed by atoms with Gasteiger partial charge in [-0.15, -0.1) is 0 Å². The van der Waals surface area contributed by atoms with Crippen molar-refractivity contribution in [3.8, 4) is 17.8 Å². The Morgan fingerprint density at radius 2 is 2.00 bits per heavy atom. The molecule has 0 atom stereocenters. The normalized spacial score (nSPS) is 11.1. The van der Waals surface area contributed by atoms with Crippen molar-refractivity contribution in [2.75, 3.05) is 0 Å². The number of nitriles is 1. The molecule has 0 aliphatic carbocycles. The van der Waals surface area contributed by atoms with E-state index in [4.69, 9.17) is 16.3 Å². The molecule has 0 aliphatic heterocycles. The van der Waals surface area contributed by atoms with E-state index in [0.29, 0.717) is 33.8 Å². The maximum atomic E-state index is 9.48. The van der Waals surface area contributed by atoms with E-state index in [1.807, 2.05) is 23.7 Å². The van der Waals surface area contributed by atoms with Crippen LogP contribution in [0.2, 0.25) is 5.02 Å². The van der Waals surface area contributed by atoms with Crippen LogP contribution in [0.3, 0.4) is 0 Å². The van der Waals surface area contributed by atoms with Gasteiger partial charge in [-0.2, -0.15) is 10.2 Å². The summed E-state index contributed by atoms with van der Waals surface area (Å²) < 4.78 is 8.69. The summed E-state index contributed by atoms with van der Waals surface area (Å²) in [5.74, 6) is 1.03. The Labute approximate surface area is 166 Å². The Balaban J connectivity index is 2.17. The number of benzene rings is 2. The quantitative estimate of drug-likeness (QED) is 0.459. The molecule has 0 saturated heterocycles. The lowest BCUT2D eigenvalue weighted by molar-refractivity contribution is 0.425. The fourth-order valence-electron chi connectivity index (χ4n) is 3.22. The number of imidazole rings is 1. The number of aryl methyl sites for hydroxylation is 1. The van der Waals surface area contributed by atoms with Gasteiger partial charge in [0, 0.05) is 12.1 Å². The Morgan fingerprint density at radius 3 is 2.62 bits per heavy atom. The minimum absolute atomic E-state index is 0.413. The first-order valence-corrected chi connectivity index (χ1v) is 9.69. The minimum atomic E-state index is 0.413. The van der Waals surface area contributed by atoms with Crippen LogP contribution in [0, 0.1) is 11.3 Å². The number of aromatic nitrogens is 2. The maximum absolute atomic E-state index is 9.48. The predicted octanol–water partition coefficient (Wildman–Crippen LogP) is 6.56. The second-order valence-corrected chi connectivity index (χ2v) is 7.45. The van der Waals surface area contributed by atoms with E-state index in [1.165, 1.54) is 5.56 Å². The molecule has 0 amide bonds. The number of rotatable bonds is 5. The topological polar surface area (TPSA) is 50.8 Å². The Morgan fingerprint density at radius 1 is 1.27 bits per heavy atom. The molecular formula is C20H19BrClN3O. The molecule has 0 spiro atoms. The van der Waals surface area contributed by atoms with E-state index in [9.17, 15) is 5.26 Å². The highest BCUT2D eigenvalue weighted by Gasteiger charge is 2.20. The molecule has 0 N–H and O–H groups in total. The van der Waals surface area contributed by atoms with Crippen molar-refractivity contribution in [2.45, 2.75) is 32.6 Å². The van der Waals surface area contributed by atoms with Crippen LogP contribution in [0.25, 0.3) is 11.0 Å². The highest BCUT2D eigenvalue weighted by molar-refractivity contribution is 9.10. The van der Waals surface area contributed by atoms with Crippen LogP contribution in [0.4, 0.5) is 0 Å². The minimum Gasteiger partial charge on any atom is -0.424 e. The molecule has 0 aliphatic rings. The fraction of sp³-hybridized carbons (Fsp3) is 0.300. The van der Waals surface area contributed by atoms with E-state index in [2.05, 4.69) is 40.8 Å². The van der Waals surface area contributed by atoms with E-state index in [0.717, 1.165) is 22.8 Å². The standard InChI is InChI=1S/C20H19BrClN3O/c1-4-12(5-2)15-8-6-13(11-23)18-19(15)25(3)20(24-18)26-17-9-7-14(22)10-16(17)21/h6-10,12H,4-5H2,1-3H3. The van der Waals surface area contributed by atoms with Gasteiger partial charge in [0.1, 0.15) is 17.3 Å². The molecule has 0 saturated carbocycles. The van der Waals surface area contributed by atoms with Crippen molar-refractivity contribution >= 4 is 38.6 Å². The average Bonchev–Trinajstić information content (AvgIpc) is 2.95. The van der Waals surface area contributed by atoms with Gasteiger partial charge in [-0.25, -0.2) is 0 Å². The molecule has 4 nitrogen and oxygen atoms in total. The first-order chi connectivity index (χ1) is 12.5. The molecule has 1 heterocycles. The van der Waals surface area contributed by atoms with Gasteiger partial charge in [0.15, 0.2) is 0 Å². The van der Waals surface area contributed by atoms with Crippen LogP contribution in [0.1, 0.15) is 43.7 Å². The molecule has 3 rings (SSSR count). The lowest BCUT2D eigenvalue weighted by Crippen LogP contribution is -2.01. The highest BCUT2D eigenvalue weighted by atomic mass is 79.9. The molecule has 2 aromatic carbocycles. The van der Waals surface area contributed by atoms with Crippen molar-refractivity contribution in [2.24, 2.45) is 7.05 Å². The van der Waals surface area contributed by atoms with E-state index < -0.39 is 0 Å². The number of fused-ring (bicyclic) bond motifs is 1. The number of hydrogen-bond donors (Lipinski definition) is 0. The summed E-state index contributed by atoms with van der Waals surface area (Å²) in [5, 5.41) is 10.1. The van der Waals surface area contributed by atoms with Gasteiger partial charge >= 0.3 is 6.01 Å². The summed E-state index contributed by atoms with van der Waals surface area (Å²) in [5.41, 5.74) is 3.39. The van der Waals surface area contributed by atoms with Crippen molar-refractivity contribution in [3.05, 3.63) is 51.0 Å². The molecule has 26 heavy (non-hydrogen) atoms. The van der Waals surface area contributed by atoms with Crippen LogP contribution in [-0.4, -0.2) is 9.55 Å². The van der Waals surface area contributed by atoms with Crippen molar-refractivity contribution in [1.29, 1.82) is 5.26 Å². The van der Waals surface area contributed by atoms with Gasteiger partial charge in [0.05, 0.1) is 15.6 Å². The first-order valence-electron chi connectivity index (χ1n) is 8.52. The lowest BCUT2D eigenvalue weighted by Gasteiger charge is -2.15. The molecule has 6 heteroatoms. The zero-order chi connectivity index (χ0) is 18.8. The van der Waals surface area contributed by atoms with Crippen LogP contribution < -0.4 is 4.74 Å². The fourth-order valence-corrected chi connectivity index (χ4v) is 3.99. The zero-order valence-electron chi connectivity index (χ0n) is 14.9. The van der Waals surface area contributed by atoms with Gasteiger partial charge in [0.2, 0.25) is 0 Å². The highest BCUT2D eigenvalue weighted by Crippen LogP contribution is 2.36. The predicted molar refractivity (Wildman–Crippen MR) is 108 cm³/mol. The molecule has 134 valence electrons. The lowest BCUT2D eigenvalue weighted by atomic mass is 9.92. The summed E-state index contributed by atoms with van der Waals surface area (Å²) in [6.45, 7) is 4.35. The number of ether oxygens (including phenoxy) is 1. The maximum Gasteiger partial charge on any atom is 0.302 e. The third-order valence-corrected chi connectivity index (χ3v) is 5.51. The van der Waals surface area contributed by atoms with Crippen LogP contribution in [0.5, 0.6) is 11.8 Å². The summed E-state index contributed by atoms with van der Waals surface area (Å²) >= 11 is 9.46. The summed E-state index contributed by atoms with van der Waals surface area (Å²) in [6, 6.07) is 11.9. The molecule has 1 aromatic heterocycles. The number of nitrogens with zero attached hydrogens (tertiary/aromatic N) is 3. The second kappa shape index (κ2) is 7.69. The summed E-state index contributed by atoms with van der Waals surface area (Å²) in [4.78, 5) is 4.62. The monoisotopic (exact) mass is 431 g/mol. The SMILES string of the molecule is CCC(CC)c1ccc(C#N)c2nc(Oc3ccc(Cl)cc3Br)n(C)c12. The zero-order valence-corrected chi connectivity index (χ0v) is 17.2. The van der Waals surface area contributed by atoms with Crippen molar-refractivity contribution in [1.82, 2.24) is 9.55 Å². The van der Waals surface area contributed by atoms with Gasteiger partial charge in [0.25, 0.3) is 0 Å². The first kappa shape index (κ1) is 18.8. The molecule has 3 aromatic rings. The van der Waals surface area contributed by atoms with Crippen molar-refractivity contribution < 1.29 is 4.74 Å². The molecular weight excluding hydrogens is 414 g/mol. The number of halogens is 2. The van der Waals surface area contributed by atoms with Crippen molar-refractivity contribution in [3.63, 3.8) is 0 Å². The largest absolute Gasteiger partial charge is 0.424 e. The van der Waals surface area contributed by atoms with Gasteiger partial charge in [-0.3, -0.25) is 4.57 Å². The van der Waals surface area contributed by atoms with Gasteiger partial charge in [-0.05, 0) is 64.5 Å². The van der Waals surface area contributed by atoms with Crippen LogP contribution >= 0.6 is 27.5 Å². The second-order valence-electron chi connectivity index (χ2n) is 6.15. The Hall–Kier alpha value is -2.03. The van der Waals surface area contributed by atoms with E-state index in [1.54, 1.807) is 18.2 Å². The summed E-state index contributed by atoms with van der Waals surface area (Å²) in [7, 11) is 1.92. The molecule has 0 radical (unpaired) electrons. The third kappa shape index (κ3) is 3.32.